The van der Waals surface area contributed by atoms with E-state index in [0.717, 1.165) is 41.9 Å². The quantitative estimate of drug-likeness (QED) is 0.267. The van der Waals surface area contributed by atoms with Crippen LogP contribution in [0.4, 0.5) is 0 Å². The average molecular weight is 419 g/mol. The molecule has 0 N–H and O–H groups in total. The number of ether oxygens (including phenoxy) is 3. The van der Waals surface area contributed by atoms with Crippen LogP contribution in [0.3, 0.4) is 0 Å². The molecule has 0 saturated carbocycles. The molecule has 0 aliphatic heterocycles. The molecule has 3 rings (SSSR count). The maximum atomic E-state index is 12.5. The molecular formula is C27H30O4. The van der Waals surface area contributed by atoms with Crippen molar-refractivity contribution >= 4 is 5.97 Å². The molecule has 0 aromatic heterocycles. The molecular weight excluding hydrogens is 388 g/mol. The number of benzene rings is 3. The van der Waals surface area contributed by atoms with Crippen molar-refractivity contribution in [3.05, 3.63) is 83.9 Å². The van der Waals surface area contributed by atoms with Crippen LogP contribution in [0.25, 0.3) is 11.1 Å². The molecule has 31 heavy (non-hydrogen) atoms. The molecule has 1 atom stereocenters. The minimum atomic E-state index is -0.383. The minimum Gasteiger partial charge on any atom is -0.494 e. The topological polar surface area (TPSA) is 44.8 Å². The molecule has 0 aliphatic carbocycles. The standard InChI is InChI=1S/C27H30O4/c1-4-18-29-20(3)21-6-8-22(9-7-21)23-10-12-24(13-11-23)27(28)31-26-16-14-25(15-17-26)30-19-5-2/h6-17,20H,4-5,18-19H2,1-3H3. The Morgan fingerprint density at radius 2 is 1.29 bits per heavy atom. The number of hydrogen-bond donors (Lipinski definition) is 0. The van der Waals surface area contributed by atoms with Crippen molar-refractivity contribution in [2.45, 2.75) is 39.7 Å². The van der Waals surface area contributed by atoms with Crippen molar-refractivity contribution in [3.63, 3.8) is 0 Å². The van der Waals surface area contributed by atoms with E-state index in [1.165, 1.54) is 0 Å². The molecule has 0 aliphatic rings. The fourth-order valence-electron chi connectivity index (χ4n) is 3.13. The molecule has 0 saturated heterocycles. The van der Waals surface area contributed by atoms with Gasteiger partial charge < -0.3 is 14.2 Å². The highest BCUT2D eigenvalue weighted by molar-refractivity contribution is 5.91. The van der Waals surface area contributed by atoms with Gasteiger partial charge in [-0.2, -0.15) is 0 Å². The zero-order valence-corrected chi connectivity index (χ0v) is 18.5. The molecule has 0 spiro atoms. The van der Waals surface area contributed by atoms with E-state index in [4.69, 9.17) is 14.2 Å². The van der Waals surface area contributed by atoms with Gasteiger partial charge in [0.05, 0.1) is 18.3 Å². The highest BCUT2D eigenvalue weighted by Gasteiger charge is 2.10. The Bertz CT molecular complexity index is 944. The highest BCUT2D eigenvalue weighted by atomic mass is 16.5. The molecule has 0 fully saturated rings. The Morgan fingerprint density at radius 3 is 1.87 bits per heavy atom. The Hall–Kier alpha value is -3.11. The summed E-state index contributed by atoms with van der Waals surface area (Å²) in [6, 6.07) is 22.9. The van der Waals surface area contributed by atoms with Gasteiger partial charge in [0.15, 0.2) is 0 Å². The van der Waals surface area contributed by atoms with Gasteiger partial charge in [-0.25, -0.2) is 4.79 Å². The van der Waals surface area contributed by atoms with E-state index in [1.54, 1.807) is 36.4 Å². The van der Waals surface area contributed by atoms with Crippen molar-refractivity contribution in [2.24, 2.45) is 0 Å². The molecule has 0 heterocycles. The van der Waals surface area contributed by atoms with Crippen molar-refractivity contribution < 1.29 is 19.0 Å². The highest BCUT2D eigenvalue weighted by Crippen LogP contribution is 2.25. The van der Waals surface area contributed by atoms with Crippen LogP contribution in [0.5, 0.6) is 11.5 Å². The largest absolute Gasteiger partial charge is 0.494 e. The lowest BCUT2D eigenvalue weighted by atomic mass is 10.0. The van der Waals surface area contributed by atoms with Crippen LogP contribution in [0.2, 0.25) is 0 Å². The molecule has 4 heteroatoms. The van der Waals surface area contributed by atoms with Gasteiger partial charge in [0.25, 0.3) is 0 Å². The summed E-state index contributed by atoms with van der Waals surface area (Å²) in [5.41, 5.74) is 3.80. The lowest BCUT2D eigenvalue weighted by Crippen LogP contribution is -2.08. The van der Waals surface area contributed by atoms with Crippen LogP contribution in [-0.4, -0.2) is 19.2 Å². The van der Waals surface area contributed by atoms with Gasteiger partial charge in [-0.1, -0.05) is 50.2 Å². The lowest BCUT2D eigenvalue weighted by molar-refractivity contribution is 0.0662. The van der Waals surface area contributed by atoms with Gasteiger partial charge in [-0.3, -0.25) is 0 Å². The molecule has 0 radical (unpaired) electrons. The molecule has 3 aromatic carbocycles. The zero-order valence-electron chi connectivity index (χ0n) is 18.5. The normalized spacial score (nSPS) is 11.7. The summed E-state index contributed by atoms with van der Waals surface area (Å²) >= 11 is 0. The third kappa shape index (κ3) is 6.43. The molecule has 0 amide bonds. The summed E-state index contributed by atoms with van der Waals surface area (Å²) in [7, 11) is 0. The molecule has 4 nitrogen and oxygen atoms in total. The van der Waals surface area contributed by atoms with E-state index in [9.17, 15) is 4.79 Å². The van der Waals surface area contributed by atoms with Crippen molar-refractivity contribution in [2.75, 3.05) is 13.2 Å². The maximum absolute atomic E-state index is 12.5. The first-order chi connectivity index (χ1) is 15.1. The van der Waals surface area contributed by atoms with Gasteiger partial charge in [-0.05, 0) is 72.9 Å². The number of hydrogen-bond acceptors (Lipinski definition) is 4. The van der Waals surface area contributed by atoms with Crippen LogP contribution in [0, 0.1) is 0 Å². The van der Waals surface area contributed by atoms with E-state index in [0.29, 0.717) is 17.9 Å². The Morgan fingerprint density at radius 1 is 0.742 bits per heavy atom. The second-order valence-corrected chi connectivity index (χ2v) is 7.42. The zero-order chi connectivity index (χ0) is 22.1. The van der Waals surface area contributed by atoms with E-state index in [2.05, 4.69) is 45.0 Å². The van der Waals surface area contributed by atoms with Gasteiger partial charge in [0.2, 0.25) is 0 Å². The number of carbonyl (C=O) groups excluding carboxylic acids is 1. The smallest absolute Gasteiger partial charge is 0.343 e. The SMILES string of the molecule is CCCOc1ccc(OC(=O)c2ccc(-c3ccc(C(C)OCCC)cc3)cc2)cc1. The van der Waals surface area contributed by atoms with Crippen LogP contribution >= 0.6 is 0 Å². The Labute approximate surface area is 184 Å². The minimum absolute atomic E-state index is 0.0819. The van der Waals surface area contributed by atoms with Gasteiger partial charge >= 0.3 is 5.97 Å². The van der Waals surface area contributed by atoms with Crippen LogP contribution in [0.15, 0.2) is 72.8 Å². The van der Waals surface area contributed by atoms with E-state index in [-0.39, 0.29) is 12.1 Å². The monoisotopic (exact) mass is 418 g/mol. The summed E-state index contributed by atoms with van der Waals surface area (Å²) < 4.78 is 16.8. The number of esters is 1. The third-order valence-corrected chi connectivity index (χ3v) is 4.91. The summed E-state index contributed by atoms with van der Waals surface area (Å²) in [5.74, 6) is 0.877. The summed E-state index contributed by atoms with van der Waals surface area (Å²) in [4.78, 5) is 12.5. The van der Waals surface area contributed by atoms with Crippen LogP contribution in [0.1, 0.15) is 55.6 Å². The van der Waals surface area contributed by atoms with Crippen LogP contribution in [-0.2, 0) is 4.74 Å². The second kappa shape index (κ2) is 11.3. The fourth-order valence-corrected chi connectivity index (χ4v) is 3.13. The first-order valence-corrected chi connectivity index (χ1v) is 10.9. The Kier molecular flexibility index (Phi) is 8.25. The van der Waals surface area contributed by atoms with Gasteiger partial charge in [0, 0.05) is 6.61 Å². The summed E-state index contributed by atoms with van der Waals surface area (Å²) in [6.07, 6.45) is 2.04. The average Bonchev–Trinajstić information content (AvgIpc) is 2.82. The molecule has 1 unspecified atom stereocenters. The first-order valence-electron chi connectivity index (χ1n) is 10.9. The second-order valence-electron chi connectivity index (χ2n) is 7.42. The predicted molar refractivity (Wildman–Crippen MR) is 124 cm³/mol. The molecule has 162 valence electrons. The Balaban J connectivity index is 1.61. The fraction of sp³-hybridized carbons (Fsp3) is 0.296. The summed E-state index contributed by atoms with van der Waals surface area (Å²) in [5, 5.41) is 0. The maximum Gasteiger partial charge on any atom is 0.343 e. The molecule has 0 bridgehead atoms. The number of carbonyl (C=O) groups is 1. The van der Waals surface area contributed by atoms with Crippen molar-refractivity contribution in [3.8, 4) is 22.6 Å². The van der Waals surface area contributed by atoms with Crippen molar-refractivity contribution in [1.82, 2.24) is 0 Å². The van der Waals surface area contributed by atoms with Crippen molar-refractivity contribution in [1.29, 1.82) is 0 Å². The van der Waals surface area contributed by atoms with Gasteiger partial charge in [0.1, 0.15) is 11.5 Å². The predicted octanol–water partition coefficient (Wildman–Crippen LogP) is 6.85. The number of rotatable bonds is 10. The molecule has 3 aromatic rings. The van der Waals surface area contributed by atoms with E-state index in [1.807, 2.05) is 12.1 Å². The van der Waals surface area contributed by atoms with Crippen LogP contribution < -0.4 is 9.47 Å². The summed E-state index contributed by atoms with van der Waals surface area (Å²) in [6.45, 7) is 7.66. The van der Waals surface area contributed by atoms with Gasteiger partial charge in [-0.15, -0.1) is 0 Å². The van der Waals surface area contributed by atoms with E-state index < -0.39 is 0 Å². The van der Waals surface area contributed by atoms with E-state index >= 15 is 0 Å². The lowest BCUT2D eigenvalue weighted by Gasteiger charge is -2.13. The third-order valence-electron chi connectivity index (χ3n) is 4.91. The first kappa shape index (κ1) is 22.6.